The first-order valence-electron chi connectivity index (χ1n) is 6.02. The third-order valence-electron chi connectivity index (χ3n) is 2.41. The van der Waals surface area contributed by atoms with Crippen LogP contribution in [0.4, 0.5) is 0 Å². The molecule has 0 aliphatic rings. The van der Waals surface area contributed by atoms with Crippen LogP contribution in [0.1, 0.15) is 25.0 Å². The molecule has 19 heavy (non-hydrogen) atoms. The maximum Gasteiger partial charge on any atom is 0.246 e. The third-order valence-corrected chi connectivity index (χ3v) is 3.07. The Hall–Kier alpha value is -0.810. The van der Waals surface area contributed by atoms with Gasteiger partial charge in [-0.2, -0.15) is 0 Å². The van der Waals surface area contributed by atoms with Crippen LogP contribution in [0, 0.1) is 0 Å². The van der Waals surface area contributed by atoms with Crippen LogP contribution in [0.25, 0.3) is 0 Å². The number of halogens is 2. The molecule has 1 amide bonds. The Kier molecular flexibility index (Phi) is 7.16. The van der Waals surface area contributed by atoms with E-state index in [1.165, 1.54) is 0 Å². The molecule has 1 atom stereocenters. The Labute approximate surface area is 122 Å². The van der Waals surface area contributed by atoms with Gasteiger partial charge in [0.15, 0.2) is 0 Å². The van der Waals surface area contributed by atoms with Gasteiger partial charge in [0.1, 0.15) is 6.61 Å². The monoisotopic (exact) mass is 305 g/mol. The molecular weight excluding hydrogens is 289 g/mol. The van der Waals surface area contributed by atoms with Gasteiger partial charge in [0.05, 0.1) is 6.10 Å². The van der Waals surface area contributed by atoms with Crippen molar-refractivity contribution in [3.63, 3.8) is 0 Å². The van der Waals surface area contributed by atoms with Crippen LogP contribution in [0.3, 0.4) is 0 Å². The summed E-state index contributed by atoms with van der Waals surface area (Å²) in [4.78, 5) is 11.4. The van der Waals surface area contributed by atoms with E-state index in [1.807, 2.05) is 6.92 Å². The number of hydrogen-bond donors (Lipinski definition) is 2. The van der Waals surface area contributed by atoms with Gasteiger partial charge in [0.2, 0.25) is 5.91 Å². The van der Waals surface area contributed by atoms with E-state index in [9.17, 15) is 9.90 Å². The number of carbonyl (C=O) groups excluding carboxylic acids is 1. The Bertz CT molecular complexity index is 406. The van der Waals surface area contributed by atoms with Crippen molar-refractivity contribution in [2.75, 3.05) is 19.8 Å². The standard InChI is InChI=1S/C13H17Cl2NO3/c1-2-6-19-8-12(18)16-7-11(17)13-9(14)4-3-5-10(13)15/h3-5,11,17H,2,6-8H2,1H3,(H,16,18)/t11-/m1/s1. The lowest BCUT2D eigenvalue weighted by molar-refractivity contribution is -0.126. The molecule has 1 aromatic rings. The quantitative estimate of drug-likeness (QED) is 0.761. The van der Waals surface area contributed by atoms with Gasteiger partial charge in [-0.15, -0.1) is 0 Å². The number of hydrogen-bond acceptors (Lipinski definition) is 3. The van der Waals surface area contributed by atoms with Crippen LogP contribution in [0.2, 0.25) is 10.0 Å². The summed E-state index contributed by atoms with van der Waals surface area (Å²) in [5.74, 6) is -0.282. The first-order valence-corrected chi connectivity index (χ1v) is 6.78. The lowest BCUT2D eigenvalue weighted by atomic mass is 10.1. The van der Waals surface area contributed by atoms with Gasteiger partial charge in [-0.05, 0) is 18.6 Å². The summed E-state index contributed by atoms with van der Waals surface area (Å²) < 4.78 is 5.08. The third kappa shape index (κ3) is 5.37. The second-order valence-electron chi connectivity index (χ2n) is 4.01. The number of aliphatic hydroxyl groups is 1. The topological polar surface area (TPSA) is 58.6 Å². The van der Waals surface area contributed by atoms with Crippen molar-refractivity contribution in [1.82, 2.24) is 5.32 Å². The Morgan fingerprint density at radius 2 is 2.05 bits per heavy atom. The van der Waals surface area contributed by atoms with Crippen molar-refractivity contribution in [1.29, 1.82) is 0 Å². The average Bonchev–Trinajstić information content (AvgIpc) is 2.36. The highest BCUT2D eigenvalue weighted by molar-refractivity contribution is 6.36. The Morgan fingerprint density at radius 1 is 1.42 bits per heavy atom. The summed E-state index contributed by atoms with van der Waals surface area (Å²) >= 11 is 11.9. The zero-order valence-corrected chi connectivity index (χ0v) is 12.2. The van der Waals surface area contributed by atoms with Crippen LogP contribution >= 0.6 is 23.2 Å². The summed E-state index contributed by atoms with van der Waals surface area (Å²) in [6.07, 6.45) is -0.0955. The van der Waals surface area contributed by atoms with Crippen molar-refractivity contribution in [2.45, 2.75) is 19.4 Å². The maximum atomic E-state index is 11.4. The minimum absolute atomic E-state index is 0.0170. The predicted molar refractivity (Wildman–Crippen MR) is 75.5 cm³/mol. The largest absolute Gasteiger partial charge is 0.386 e. The molecule has 0 bridgehead atoms. The maximum absolute atomic E-state index is 11.4. The lowest BCUT2D eigenvalue weighted by Gasteiger charge is -2.15. The first-order chi connectivity index (χ1) is 9.06. The smallest absolute Gasteiger partial charge is 0.246 e. The molecule has 0 aromatic heterocycles. The number of nitrogens with one attached hydrogen (secondary N) is 1. The Balaban J connectivity index is 2.47. The van der Waals surface area contributed by atoms with Gasteiger partial charge < -0.3 is 15.2 Å². The van der Waals surface area contributed by atoms with Gasteiger partial charge in [-0.1, -0.05) is 36.2 Å². The minimum atomic E-state index is -0.948. The van der Waals surface area contributed by atoms with Crippen molar-refractivity contribution in [3.8, 4) is 0 Å². The summed E-state index contributed by atoms with van der Waals surface area (Å²) in [6.45, 7) is 2.52. The molecule has 0 fully saturated rings. The fourth-order valence-corrected chi connectivity index (χ4v) is 2.15. The van der Waals surface area contributed by atoms with Gasteiger partial charge >= 0.3 is 0 Å². The summed E-state index contributed by atoms with van der Waals surface area (Å²) in [5, 5.41) is 13.3. The van der Waals surface area contributed by atoms with Crippen molar-refractivity contribution in [3.05, 3.63) is 33.8 Å². The number of aliphatic hydroxyl groups excluding tert-OH is 1. The molecule has 0 aliphatic heterocycles. The van der Waals surface area contributed by atoms with E-state index >= 15 is 0 Å². The van der Waals surface area contributed by atoms with Gasteiger partial charge in [0.25, 0.3) is 0 Å². The van der Waals surface area contributed by atoms with Crippen LogP contribution < -0.4 is 5.32 Å². The van der Waals surface area contributed by atoms with Crippen LogP contribution in [-0.2, 0) is 9.53 Å². The summed E-state index contributed by atoms with van der Waals surface area (Å²) in [5.41, 5.74) is 0.417. The molecule has 1 aromatic carbocycles. The van der Waals surface area contributed by atoms with Gasteiger partial charge in [-0.25, -0.2) is 0 Å². The van der Waals surface area contributed by atoms with E-state index in [0.29, 0.717) is 22.2 Å². The molecule has 0 heterocycles. The van der Waals surface area contributed by atoms with Gasteiger partial charge in [0, 0.05) is 28.8 Å². The minimum Gasteiger partial charge on any atom is -0.386 e. The summed E-state index contributed by atoms with van der Waals surface area (Å²) in [6, 6.07) is 4.97. The summed E-state index contributed by atoms with van der Waals surface area (Å²) in [7, 11) is 0. The van der Waals surface area contributed by atoms with Crippen LogP contribution in [0.15, 0.2) is 18.2 Å². The van der Waals surface area contributed by atoms with Crippen LogP contribution in [0.5, 0.6) is 0 Å². The zero-order chi connectivity index (χ0) is 14.3. The van der Waals surface area contributed by atoms with E-state index < -0.39 is 6.10 Å². The number of rotatable bonds is 7. The Morgan fingerprint density at radius 3 is 2.63 bits per heavy atom. The van der Waals surface area contributed by atoms with Crippen molar-refractivity contribution in [2.24, 2.45) is 0 Å². The van der Waals surface area contributed by atoms with Crippen molar-refractivity contribution < 1.29 is 14.6 Å². The first kappa shape index (κ1) is 16.2. The molecule has 4 nitrogen and oxygen atoms in total. The molecule has 0 saturated heterocycles. The molecule has 0 saturated carbocycles. The van der Waals surface area contributed by atoms with E-state index in [1.54, 1.807) is 18.2 Å². The highest BCUT2D eigenvalue weighted by atomic mass is 35.5. The molecule has 1 rings (SSSR count). The molecule has 0 unspecified atom stereocenters. The van der Waals surface area contributed by atoms with E-state index in [-0.39, 0.29) is 19.1 Å². The zero-order valence-electron chi connectivity index (χ0n) is 10.7. The van der Waals surface area contributed by atoms with Crippen molar-refractivity contribution >= 4 is 29.1 Å². The molecule has 2 N–H and O–H groups in total. The van der Waals surface area contributed by atoms with E-state index in [4.69, 9.17) is 27.9 Å². The SMILES string of the molecule is CCCOCC(=O)NC[C@@H](O)c1c(Cl)cccc1Cl. The molecule has 0 radical (unpaired) electrons. The number of amides is 1. The fraction of sp³-hybridized carbons (Fsp3) is 0.462. The molecule has 6 heteroatoms. The number of benzene rings is 1. The highest BCUT2D eigenvalue weighted by Gasteiger charge is 2.16. The fourth-order valence-electron chi connectivity index (χ4n) is 1.50. The normalized spacial score (nSPS) is 12.2. The highest BCUT2D eigenvalue weighted by Crippen LogP contribution is 2.29. The predicted octanol–water partition coefficient (Wildman–Crippen LogP) is 2.57. The number of ether oxygens (including phenoxy) is 1. The second kappa shape index (κ2) is 8.38. The average molecular weight is 306 g/mol. The second-order valence-corrected chi connectivity index (χ2v) is 4.82. The van der Waals surface area contributed by atoms with Gasteiger partial charge in [-0.3, -0.25) is 4.79 Å². The molecule has 0 aliphatic carbocycles. The molecule has 0 spiro atoms. The number of carbonyl (C=O) groups is 1. The molecular formula is C13H17Cl2NO3. The molecule has 106 valence electrons. The van der Waals surface area contributed by atoms with E-state index in [0.717, 1.165) is 6.42 Å². The van der Waals surface area contributed by atoms with Crippen LogP contribution in [-0.4, -0.2) is 30.8 Å². The lowest BCUT2D eigenvalue weighted by Crippen LogP contribution is -2.31. The van der Waals surface area contributed by atoms with E-state index in [2.05, 4.69) is 5.32 Å².